The van der Waals surface area contributed by atoms with E-state index in [0.29, 0.717) is 18.8 Å². The van der Waals surface area contributed by atoms with Crippen molar-refractivity contribution in [1.82, 2.24) is 5.32 Å². The van der Waals surface area contributed by atoms with Gasteiger partial charge in [0, 0.05) is 20.0 Å². The molecule has 1 rings (SSSR count). The van der Waals surface area contributed by atoms with Crippen LogP contribution in [0, 0.1) is 5.82 Å². The number of carbonyl (C=O) groups excluding carboxylic acids is 1. The van der Waals surface area contributed by atoms with Crippen LogP contribution in [0.3, 0.4) is 0 Å². The molecule has 0 aromatic heterocycles. The minimum Gasteiger partial charge on any atom is -0.381 e. The standard InChI is InChI=1S/C10H11Cl2FN2O/c1-6(16)14-2-3-15-10-8(11)4-7(13)5-9(10)12/h4-5,15H,2-3H2,1H3,(H,14,16). The first-order valence-corrected chi connectivity index (χ1v) is 5.39. The molecule has 0 unspecified atom stereocenters. The fourth-order valence-corrected chi connectivity index (χ4v) is 1.73. The van der Waals surface area contributed by atoms with Gasteiger partial charge in [-0.3, -0.25) is 4.79 Å². The second-order valence-electron chi connectivity index (χ2n) is 3.15. The zero-order valence-corrected chi connectivity index (χ0v) is 10.1. The maximum atomic E-state index is 12.8. The SMILES string of the molecule is CC(=O)NCCNc1c(Cl)cc(F)cc1Cl. The third-order valence-corrected chi connectivity index (χ3v) is 2.40. The van der Waals surface area contributed by atoms with Gasteiger partial charge in [0.2, 0.25) is 5.91 Å². The molecule has 2 N–H and O–H groups in total. The maximum Gasteiger partial charge on any atom is 0.216 e. The predicted molar refractivity (Wildman–Crippen MR) is 63.6 cm³/mol. The van der Waals surface area contributed by atoms with Crippen molar-refractivity contribution in [2.75, 3.05) is 18.4 Å². The van der Waals surface area contributed by atoms with E-state index in [-0.39, 0.29) is 16.0 Å². The lowest BCUT2D eigenvalue weighted by Crippen LogP contribution is -2.26. The van der Waals surface area contributed by atoms with Crippen molar-refractivity contribution in [1.29, 1.82) is 0 Å². The van der Waals surface area contributed by atoms with Crippen LogP contribution in [-0.2, 0) is 4.79 Å². The second-order valence-corrected chi connectivity index (χ2v) is 3.97. The first kappa shape index (κ1) is 13.1. The van der Waals surface area contributed by atoms with Crippen molar-refractivity contribution < 1.29 is 9.18 Å². The lowest BCUT2D eigenvalue weighted by molar-refractivity contribution is -0.118. The summed E-state index contributed by atoms with van der Waals surface area (Å²) in [5, 5.41) is 5.95. The molecular formula is C10H11Cl2FN2O. The molecule has 0 bridgehead atoms. The van der Waals surface area contributed by atoms with Gasteiger partial charge in [0.05, 0.1) is 15.7 Å². The molecule has 6 heteroatoms. The Labute approximate surface area is 103 Å². The molecule has 0 aliphatic rings. The summed E-state index contributed by atoms with van der Waals surface area (Å²) in [7, 11) is 0. The molecule has 0 spiro atoms. The highest BCUT2D eigenvalue weighted by Gasteiger charge is 2.07. The largest absolute Gasteiger partial charge is 0.381 e. The lowest BCUT2D eigenvalue weighted by Gasteiger charge is -2.10. The maximum absolute atomic E-state index is 12.8. The van der Waals surface area contributed by atoms with E-state index < -0.39 is 5.82 Å². The van der Waals surface area contributed by atoms with Gasteiger partial charge in [0.15, 0.2) is 0 Å². The minimum absolute atomic E-state index is 0.113. The van der Waals surface area contributed by atoms with Gasteiger partial charge < -0.3 is 10.6 Å². The van der Waals surface area contributed by atoms with E-state index in [2.05, 4.69) is 10.6 Å². The minimum atomic E-state index is -0.484. The molecule has 1 amide bonds. The van der Waals surface area contributed by atoms with E-state index in [1.54, 1.807) is 0 Å². The summed E-state index contributed by atoms with van der Waals surface area (Å²) in [6.45, 7) is 2.34. The number of rotatable bonds is 4. The van der Waals surface area contributed by atoms with Crippen LogP contribution in [0.15, 0.2) is 12.1 Å². The lowest BCUT2D eigenvalue weighted by atomic mass is 10.3. The fourth-order valence-electron chi connectivity index (χ4n) is 1.14. The highest BCUT2D eigenvalue weighted by Crippen LogP contribution is 2.30. The van der Waals surface area contributed by atoms with Crippen LogP contribution in [0.1, 0.15) is 6.92 Å². The zero-order chi connectivity index (χ0) is 12.1. The molecule has 3 nitrogen and oxygen atoms in total. The molecule has 1 aromatic rings. The summed E-state index contributed by atoms with van der Waals surface area (Å²) in [4.78, 5) is 10.6. The summed E-state index contributed by atoms with van der Waals surface area (Å²) in [5.41, 5.74) is 0.468. The van der Waals surface area contributed by atoms with Crippen molar-refractivity contribution in [3.8, 4) is 0 Å². The zero-order valence-electron chi connectivity index (χ0n) is 8.61. The first-order chi connectivity index (χ1) is 7.50. The van der Waals surface area contributed by atoms with Crippen LogP contribution in [0.4, 0.5) is 10.1 Å². The fraction of sp³-hybridized carbons (Fsp3) is 0.300. The highest BCUT2D eigenvalue weighted by molar-refractivity contribution is 6.39. The van der Waals surface area contributed by atoms with Gasteiger partial charge in [-0.1, -0.05) is 23.2 Å². The molecule has 0 radical (unpaired) electrons. The monoisotopic (exact) mass is 264 g/mol. The average Bonchev–Trinajstić information content (AvgIpc) is 2.14. The smallest absolute Gasteiger partial charge is 0.216 e. The number of benzene rings is 1. The molecule has 0 aliphatic heterocycles. The van der Waals surface area contributed by atoms with Gasteiger partial charge in [-0.05, 0) is 12.1 Å². The Hall–Kier alpha value is -1.00. The molecule has 0 aliphatic carbocycles. The van der Waals surface area contributed by atoms with Crippen molar-refractivity contribution in [3.63, 3.8) is 0 Å². The molecule has 16 heavy (non-hydrogen) atoms. The summed E-state index contributed by atoms with van der Waals surface area (Å²) < 4.78 is 12.8. The topological polar surface area (TPSA) is 41.1 Å². The second kappa shape index (κ2) is 5.92. The normalized spacial score (nSPS) is 10.0. The summed E-state index contributed by atoms with van der Waals surface area (Å²) >= 11 is 11.6. The average molecular weight is 265 g/mol. The van der Waals surface area contributed by atoms with E-state index in [4.69, 9.17) is 23.2 Å². The van der Waals surface area contributed by atoms with Gasteiger partial charge in [-0.25, -0.2) is 4.39 Å². The quantitative estimate of drug-likeness (QED) is 0.822. The number of carbonyl (C=O) groups is 1. The third-order valence-electron chi connectivity index (χ3n) is 1.81. The van der Waals surface area contributed by atoms with E-state index in [9.17, 15) is 9.18 Å². The summed E-state index contributed by atoms with van der Waals surface area (Å²) in [6, 6.07) is 2.35. The van der Waals surface area contributed by atoms with Crippen LogP contribution in [0.5, 0.6) is 0 Å². The van der Waals surface area contributed by atoms with Crippen LogP contribution >= 0.6 is 23.2 Å². The van der Waals surface area contributed by atoms with Crippen LogP contribution in [-0.4, -0.2) is 19.0 Å². The van der Waals surface area contributed by atoms with E-state index >= 15 is 0 Å². The van der Waals surface area contributed by atoms with E-state index in [1.165, 1.54) is 19.1 Å². The van der Waals surface area contributed by atoms with Gasteiger partial charge >= 0.3 is 0 Å². The van der Waals surface area contributed by atoms with Crippen LogP contribution < -0.4 is 10.6 Å². The van der Waals surface area contributed by atoms with Gasteiger partial charge in [-0.2, -0.15) is 0 Å². The van der Waals surface area contributed by atoms with Crippen LogP contribution in [0.2, 0.25) is 10.0 Å². The van der Waals surface area contributed by atoms with Gasteiger partial charge in [-0.15, -0.1) is 0 Å². The van der Waals surface area contributed by atoms with Crippen molar-refractivity contribution in [2.45, 2.75) is 6.92 Å². The third kappa shape index (κ3) is 3.87. The summed E-state index contributed by atoms with van der Waals surface area (Å²) in [6.07, 6.45) is 0. The number of hydrogen-bond acceptors (Lipinski definition) is 2. The van der Waals surface area contributed by atoms with E-state index in [0.717, 1.165) is 0 Å². The van der Waals surface area contributed by atoms with Crippen molar-refractivity contribution in [3.05, 3.63) is 28.0 Å². The van der Waals surface area contributed by atoms with E-state index in [1.807, 2.05) is 0 Å². The Kier molecular flexibility index (Phi) is 4.83. The van der Waals surface area contributed by atoms with Crippen LogP contribution in [0.25, 0.3) is 0 Å². The Morgan fingerprint density at radius 2 is 1.88 bits per heavy atom. The predicted octanol–water partition coefficient (Wildman–Crippen LogP) is 2.68. The first-order valence-electron chi connectivity index (χ1n) is 4.63. The van der Waals surface area contributed by atoms with Crippen molar-refractivity contribution >= 4 is 34.8 Å². The van der Waals surface area contributed by atoms with Gasteiger partial charge in [0.25, 0.3) is 0 Å². The number of nitrogens with one attached hydrogen (secondary N) is 2. The molecule has 0 heterocycles. The molecule has 0 atom stereocenters. The Morgan fingerprint density at radius 3 is 2.38 bits per heavy atom. The number of hydrogen-bond donors (Lipinski definition) is 2. The van der Waals surface area contributed by atoms with Crippen molar-refractivity contribution in [2.24, 2.45) is 0 Å². The number of halogens is 3. The van der Waals surface area contributed by atoms with Gasteiger partial charge in [0.1, 0.15) is 5.82 Å². The molecule has 0 saturated heterocycles. The Morgan fingerprint density at radius 1 is 1.31 bits per heavy atom. The highest BCUT2D eigenvalue weighted by atomic mass is 35.5. The summed E-state index contributed by atoms with van der Waals surface area (Å²) in [5.74, 6) is -0.597. The number of anilines is 1. The molecule has 0 fully saturated rings. The molecule has 1 aromatic carbocycles. The molecule has 88 valence electrons. The molecular weight excluding hydrogens is 254 g/mol. The molecule has 0 saturated carbocycles. The Balaban J connectivity index is 2.57. The number of amides is 1. The Bertz CT molecular complexity index is 375.